The number of amides is 1. The number of anilines is 1. The first-order valence-electron chi connectivity index (χ1n) is 8.51. The Morgan fingerprint density at radius 1 is 1.34 bits per heavy atom. The molecule has 1 amide bonds. The molecule has 0 saturated carbocycles. The second-order valence-electron chi connectivity index (χ2n) is 6.38. The van der Waals surface area contributed by atoms with Crippen molar-refractivity contribution in [1.82, 2.24) is 19.5 Å². The van der Waals surface area contributed by atoms with E-state index < -0.39 is 55.4 Å². The molecule has 0 bridgehead atoms. The van der Waals surface area contributed by atoms with Gasteiger partial charge in [-0.25, -0.2) is 24.5 Å². The third kappa shape index (κ3) is 4.02. The molecule has 1 fully saturated rings. The summed E-state index contributed by atoms with van der Waals surface area (Å²) in [4.78, 5) is 35.5. The maximum absolute atomic E-state index is 11.9. The number of aromatic nitrogens is 4. The van der Waals surface area contributed by atoms with E-state index in [1.165, 1.54) is 17.8 Å². The van der Waals surface area contributed by atoms with Gasteiger partial charge < -0.3 is 35.6 Å². The lowest BCUT2D eigenvalue weighted by Gasteiger charge is -2.16. The van der Waals surface area contributed by atoms with E-state index in [2.05, 4.69) is 25.0 Å². The predicted octanol–water partition coefficient (Wildman–Crippen LogP) is -2.78. The minimum Gasteiger partial charge on any atom is -0.394 e. The van der Waals surface area contributed by atoms with Gasteiger partial charge in [-0.05, 0) is 6.92 Å². The third-order valence-electron chi connectivity index (χ3n) is 4.36. The zero-order chi connectivity index (χ0) is 21.3. The minimum atomic E-state index is -1.41. The Kier molecular flexibility index (Phi) is 6.02. The number of ether oxygens (including phenoxy) is 2. The van der Waals surface area contributed by atoms with Crippen LogP contribution in [-0.4, -0.2) is 89.1 Å². The van der Waals surface area contributed by atoms with E-state index in [9.17, 15) is 30.0 Å². The Labute approximate surface area is 162 Å². The summed E-state index contributed by atoms with van der Waals surface area (Å²) in [6, 6.07) is -1.41. The first-order valence-corrected chi connectivity index (χ1v) is 8.51. The molecule has 0 aromatic carbocycles. The lowest BCUT2D eigenvalue weighted by molar-refractivity contribution is -0.140. The molecule has 6 atom stereocenters. The number of carbonyl (C=O) groups excluding carboxylic acids is 2. The summed E-state index contributed by atoms with van der Waals surface area (Å²) < 4.78 is 11.2. The summed E-state index contributed by atoms with van der Waals surface area (Å²) in [5.41, 5.74) is 5.61. The number of nitrogens with one attached hydrogen (secondary N) is 1. The number of carbonyl (C=O) groups is 2. The molecule has 3 heterocycles. The second kappa shape index (κ2) is 8.32. The summed E-state index contributed by atoms with van der Waals surface area (Å²) in [5, 5.41) is 40.8. The van der Waals surface area contributed by atoms with Gasteiger partial charge in [-0.2, -0.15) is 0 Å². The van der Waals surface area contributed by atoms with E-state index in [0.29, 0.717) is 0 Å². The summed E-state index contributed by atoms with van der Waals surface area (Å²) in [7, 11) is 0. The van der Waals surface area contributed by atoms with Crippen LogP contribution in [-0.2, 0) is 14.3 Å². The van der Waals surface area contributed by atoms with E-state index in [1.54, 1.807) is 0 Å². The Morgan fingerprint density at radius 3 is 2.69 bits per heavy atom. The minimum absolute atomic E-state index is 0.0782. The van der Waals surface area contributed by atoms with E-state index in [4.69, 9.17) is 10.5 Å². The first kappa shape index (κ1) is 21.0. The molecule has 14 heteroatoms. The molecule has 2 aromatic heterocycles. The van der Waals surface area contributed by atoms with Gasteiger partial charge in [-0.1, -0.05) is 0 Å². The van der Waals surface area contributed by atoms with Crippen molar-refractivity contribution in [3.8, 4) is 0 Å². The molecule has 0 aliphatic carbocycles. The standard InChI is InChI=1S/C15H20N6O8/c1-5(23)7(16)14(26)29-15(27)20-11-8-12(18-3-17-11)21(4-19-8)13-10(25)9(24)6(2-22)28-13/h3-7,9-10,13,22-25H,2,16H2,1H3,(H,17,18,20,27)/t5-,6-,7+,9-,10-,13-/m1/s1. The van der Waals surface area contributed by atoms with E-state index in [0.717, 1.165) is 6.33 Å². The van der Waals surface area contributed by atoms with Crippen molar-refractivity contribution in [3.05, 3.63) is 12.7 Å². The van der Waals surface area contributed by atoms with Crippen molar-refractivity contribution in [1.29, 1.82) is 0 Å². The Morgan fingerprint density at radius 2 is 2.07 bits per heavy atom. The van der Waals surface area contributed by atoms with Crippen LogP contribution in [0, 0.1) is 0 Å². The van der Waals surface area contributed by atoms with Gasteiger partial charge in [0.05, 0.1) is 19.0 Å². The number of nitrogens with zero attached hydrogens (tertiary/aromatic N) is 4. The molecule has 1 saturated heterocycles. The molecule has 1 aliphatic rings. The maximum atomic E-state index is 11.9. The highest BCUT2D eigenvalue weighted by Gasteiger charge is 2.44. The molecule has 3 rings (SSSR count). The Hall–Kier alpha value is -2.75. The van der Waals surface area contributed by atoms with Crippen LogP contribution in [0.5, 0.6) is 0 Å². The topological polar surface area (TPSA) is 215 Å². The van der Waals surface area contributed by atoms with Gasteiger partial charge >= 0.3 is 12.1 Å². The van der Waals surface area contributed by atoms with Gasteiger partial charge in [0, 0.05) is 0 Å². The van der Waals surface area contributed by atoms with Crippen molar-refractivity contribution < 1.29 is 39.5 Å². The fourth-order valence-electron chi connectivity index (χ4n) is 2.72. The summed E-state index contributed by atoms with van der Waals surface area (Å²) in [6.45, 7) is 0.764. The molecule has 14 nitrogen and oxygen atoms in total. The summed E-state index contributed by atoms with van der Waals surface area (Å²) >= 11 is 0. The molecule has 29 heavy (non-hydrogen) atoms. The zero-order valence-electron chi connectivity index (χ0n) is 15.1. The fraction of sp³-hybridized carbons (Fsp3) is 0.533. The fourth-order valence-corrected chi connectivity index (χ4v) is 2.72. The quantitative estimate of drug-likeness (QED) is 0.217. The normalized spacial score (nSPS) is 26.3. The van der Waals surface area contributed by atoms with Gasteiger partial charge in [0.1, 0.15) is 30.7 Å². The lowest BCUT2D eigenvalue weighted by Crippen LogP contribution is -2.42. The van der Waals surface area contributed by atoms with Crippen molar-refractivity contribution in [2.75, 3.05) is 11.9 Å². The molecule has 2 aromatic rings. The lowest BCUT2D eigenvalue weighted by atomic mass is 10.1. The van der Waals surface area contributed by atoms with Crippen LogP contribution < -0.4 is 11.1 Å². The largest absolute Gasteiger partial charge is 0.420 e. The third-order valence-corrected chi connectivity index (χ3v) is 4.36. The molecule has 1 aliphatic heterocycles. The van der Waals surface area contributed by atoms with Crippen LogP contribution in [0.2, 0.25) is 0 Å². The Bertz CT molecular complexity index is 904. The molecule has 158 valence electrons. The second-order valence-corrected chi connectivity index (χ2v) is 6.38. The number of hydrogen-bond acceptors (Lipinski definition) is 12. The number of aliphatic hydroxyl groups is 4. The van der Waals surface area contributed by atoms with Gasteiger partial charge in [0.25, 0.3) is 0 Å². The van der Waals surface area contributed by atoms with E-state index >= 15 is 0 Å². The van der Waals surface area contributed by atoms with Crippen LogP contribution in [0.25, 0.3) is 11.2 Å². The van der Waals surface area contributed by atoms with Crippen LogP contribution >= 0.6 is 0 Å². The molecule has 0 unspecified atom stereocenters. The number of hydrogen-bond donors (Lipinski definition) is 6. The van der Waals surface area contributed by atoms with Crippen molar-refractivity contribution >= 4 is 29.0 Å². The van der Waals surface area contributed by atoms with Gasteiger partial charge in [0.15, 0.2) is 23.2 Å². The highest BCUT2D eigenvalue weighted by molar-refractivity contribution is 5.98. The highest BCUT2D eigenvalue weighted by Crippen LogP contribution is 2.32. The predicted molar refractivity (Wildman–Crippen MR) is 93.1 cm³/mol. The maximum Gasteiger partial charge on any atom is 0.420 e. The smallest absolute Gasteiger partial charge is 0.394 e. The summed E-state index contributed by atoms with van der Waals surface area (Å²) in [6.07, 6.45) is -4.85. The van der Waals surface area contributed by atoms with Gasteiger partial charge in [-0.15, -0.1) is 0 Å². The number of rotatable bonds is 5. The van der Waals surface area contributed by atoms with E-state index in [-0.39, 0.29) is 17.0 Å². The number of fused-ring (bicyclic) bond motifs is 1. The van der Waals surface area contributed by atoms with Crippen LogP contribution in [0.15, 0.2) is 12.7 Å². The number of nitrogens with two attached hydrogens (primary N) is 1. The van der Waals surface area contributed by atoms with Crippen LogP contribution in [0.3, 0.4) is 0 Å². The van der Waals surface area contributed by atoms with Gasteiger partial charge in [0.2, 0.25) is 0 Å². The van der Waals surface area contributed by atoms with E-state index in [1.807, 2.05) is 0 Å². The molecular formula is C15H20N6O8. The van der Waals surface area contributed by atoms with Crippen molar-refractivity contribution in [2.24, 2.45) is 5.73 Å². The first-order chi connectivity index (χ1) is 13.7. The SMILES string of the molecule is C[C@@H](O)[C@H](N)C(=O)OC(=O)Nc1ncnc2c1ncn2[C@@H]1O[C@H](CO)[C@@H](O)[C@H]1O. The number of aliphatic hydroxyl groups excluding tert-OH is 4. The van der Waals surface area contributed by atoms with Crippen LogP contribution in [0.4, 0.5) is 10.6 Å². The van der Waals surface area contributed by atoms with Gasteiger partial charge in [-0.3, -0.25) is 9.88 Å². The number of imidazole rings is 1. The average molecular weight is 412 g/mol. The van der Waals surface area contributed by atoms with Crippen molar-refractivity contribution in [3.63, 3.8) is 0 Å². The molecule has 7 N–H and O–H groups in total. The molecular weight excluding hydrogens is 392 g/mol. The van der Waals surface area contributed by atoms with Crippen LogP contribution in [0.1, 0.15) is 13.2 Å². The monoisotopic (exact) mass is 412 g/mol. The van der Waals surface area contributed by atoms with Crippen molar-refractivity contribution in [2.45, 2.75) is 43.6 Å². The number of esters is 1. The molecule has 0 radical (unpaired) electrons. The highest BCUT2D eigenvalue weighted by atomic mass is 16.6. The zero-order valence-corrected chi connectivity index (χ0v) is 15.1. The molecule has 0 spiro atoms. The average Bonchev–Trinajstić information content (AvgIpc) is 3.23. The Balaban J connectivity index is 1.80. The summed E-state index contributed by atoms with van der Waals surface area (Å²) in [5.74, 6) is -1.25.